The van der Waals surface area contributed by atoms with E-state index in [0.29, 0.717) is 6.04 Å². The van der Waals surface area contributed by atoms with Gasteiger partial charge in [0.05, 0.1) is 5.02 Å². The van der Waals surface area contributed by atoms with Crippen LogP contribution < -0.4 is 10.2 Å². The van der Waals surface area contributed by atoms with E-state index in [1.807, 2.05) is 7.05 Å². The number of halogens is 1. The van der Waals surface area contributed by atoms with Crippen LogP contribution in [0, 0.1) is 5.92 Å². The molecule has 0 saturated heterocycles. The summed E-state index contributed by atoms with van der Waals surface area (Å²) in [4.78, 5) is 6.84. The second-order valence-corrected chi connectivity index (χ2v) is 6.27. The summed E-state index contributed by atoms with van der Waals surface area (Å²) in [7, 11) is 4.10. The molecule has 1 N–H and O–H groups in total. The third-order valence-corrected chi connectivity index (χ3v) is 4.93. The molecular weight excluding hydrogens is 270 g/mol. The van der Waals surface area contributed by atoms with Gasteiger partial charge in [-0.3, -0.25) is 0 Å². The quantitative estimate of drug-likeness (QED) is 0.894. The molecule has 3 nitrogen and oxygen atoms in total. The van der Waals surface area contributed by atoms with Crippen molar-refractivity contribution in [2.24, 2.45) is 5.92 Å². The smallest absolute Gasteiger partial charge is 0.128 e. The summed E-state index contributed by atoms with van der Waals surface area (Å²) in [6, 6.07) is 2.74. The lowest BCUT2D eigenvalue weighted by Crippen LogP contribution is -2.35. The van der Waals surface area contributed by atoms with Crippen molar-refractivity contribution in [3.05, 3.63) is 22.8 Å². The summed E-state index contributed by atoms with van der Waals surface area (Å²) in [5, 5.41) is 3.90. The number of anilines is 1. The van der Waals surface area contributed by atoms with E-state index in [2.05, 4.69) is 35.2 Å². The van der Waals surface area contributed by atoms with Gasteiger partial charge in [0.2, 0.25) is 0 Å². The standard InChI is InChI=1S/C16H26ClN3/c1-4-12-5-7-14(8-6-12)20(3)16-9-13(10-18-2)15(17)11-19-16/h9,11-12,14,18H,4-8,10H2,1-3H3. The number of aromatic nitrogens is 1. The molecule has 1 aromatic rings. The fourth-order valence-corrected chi connectivity index (χ4v) is 3.28. The minimum atomic E-state index is 0.619. The van der Waals surface area contributed by atoms with Gasteiger partial charge in [-0.05, 0) is 50.3 Å². The topological polar surface area (TPSA) is 28.2 Å². The van der Waals surface area contributed by atoms with E-state index >= 15 is 0 Å². The number of rotatable bonds is 5. The highest BCUT2D eigenvalue weighted by Gasteiger charge is 2.24. The summed E-state index contributed by atoms with van der Waals surface area (Å²) in [6.45, 7) is 3.09. The minimum Gasteiger partial charge on any atom is -0.357 e. The molecule has 1 fully saturated rings. The van der Waals surface area contributed by atoms with Crippen LogP contribution in [0.4, 0.5) is 5.82 Å². The normalized spacial score (nSPS) is 22.8. The van der Waals surface area contributed by atoms with Gasteiger partial charge < -0.3 is 10.2 Å². The number of hydrogen-bond donors (Lipinski definition) is 1. The van der Waals surface area contributed by atoms with Crippen molar-refractivity contribution in [3.63, 3.8) is 0 Å². The summed E-state index contributed by atoms with van der Waals surface area (Å²) in [6.07, 6.45) is 8.35. The lowest BCUT2D eigenvalue weighted by Gasteiger charge is -2.35. The Labute approximate surface area is 127 Å². The number of nitrogens with one attached hydrogen (secondary N) is 1. The van der Waals surface area contributed by atoms with Gasteiger partial charge in [-0.1, -0.05) is 24.9 Å². The molecule has 1 aliphatic carbocycles. The van der Waals surface area contributed by atoms with Crippen molar-refractivity contribution in [3.8, 4) is 0 Å². The van der Waals surface area contributed by atoms with Gasteiger partial charge in [0.25, 0.3) is 0 Å². The van der Waals surface area contributed by atoms with Crippen LogP contribution >= 0.6 is 11.6 Å². The molecule has 1 aliphatic rings. The molecule has 112 valence electrons. The van der Waals surface area contributed by atoms with Gasteiger partial charge in [-0.2, -0.15) is 0 Å². The maximum atomic E-state index is 6.18. The molecule has 1 saturated carbocycles. The molecule has 1 heterocycles. The van der Waals surface area contributed by atoms with Crippen LogP contribution in [0.3, 0.4) is 0 Å². The van der Waals surface area contributed by atoms with Crippen LogP contribution in [0.5, 0.6) is 0 Å². The predicted octanol–water partition coefficient (Wildman–Crippen LogP) is 3.86. The average molecular weight is 296 g/mol. The molecule has 0 aliphatic heterocycles. The molecule has 1 aromatic heterocycles. The van der Waals surface area contributed by atoms with E-state index in [9.17, 15) is 0 Å². The number of pyridine rings is 1. The zero-order valence-electron chi connectivity index (χ0n) is 12.8. The van der Waals surface area contributed by atoms with Crippen molar-refractivity contribution >= 4 is 17.4 Å². The summed E-state index contributed by atoms with van der Waals surface area (Å²) < 4.78 is 0. The van der Waals surface area contributed by atoms with Crippen molar-refractivity contribution in [2.75, 3.05) is 19.0 Å². The lowest BCUT2D eigenvalue weighted by atomic mass is 9.84. The molecule has 0 atom stereocenters. The van der Waals surface area contributed by atoms with E-state index < -0.39 is 0 Å². The second kappa shape index (κ2) is 7.28. The largest absolute Gasteiger partial charge is 0.357 e. The minimum absolute atomic E-state index is 0.619. The van der Waals surface area contributed by atoms with E-state index in [1.165, 1.54) is 32.1 Å². The maximum Gasteiger partial charge on any atom is 0.128 e. The molecule has 0 spiro atoms. The molecule has 2 rings (SSSR count). The Bertz CT molecular complexity index is 428. The van der Waals surface area contributed by atoms with Crippen LogP contribution in [-0.4, -0.2) is 25.1 Å². The van der Waals surface area contributed by atoms with Crippen LogP contribution in [0.2, 0.25) is 5.02 Å². The van der Waals surface area contributed by atoms with Crippen LogP contribution in [-0.2, 0) is 6.54 Å². The van der Waals surface area contributed by atoms with E-state index in [0.717, 1.165) is 28.9 Å². The first-order valence-corrected chi connectivity index (χ1v) is 8.05. The summed E-state index contributed by atoms with van der Waals surface area (Å²) in [5.41, 5.74) is 1.12. The predicted molar refractivity (Wildman–Crippen MR) is 86.5 cm³/mol. The lowest BCUT2D eigenvalue weighted by molar-refractivity contribution is 0.313. The van der Waals surface area contributed by atoms with Gasteiger partial charge in [-0.15, -0.1) is 0 Å². The Morgan fingerprint density at radius 3 is 2.65 bits per heavy atom. The highest BCUT2D eigenvalue weighted by Crippen LogP contribution is 2.31. The van der Waals surface area contributed by atoms with Gasteiger partial charge >= 0.3 is 0 Å². The molecule has 4 heteroatoms. The SMILES string of the molecule is CCC1CCC(N(C)c2cc(CNC)c(Cl)cn2)CC1. The molecule has 20 heavy (non-hydrogen) atoms. The van der Waals surface area contributed by atoms with Crippen LogP contribution in [0.1, 0.15) is 44.6 Å². The Balaban J connectivity index is 2.05. The first kappa shape index (κ1) is 15.6. The monoisotopic (exact) mass is 295 g/mol. The van der Waals surface area contributed by atoms with Crippen LogP contribution in [0.15, 0.2) is 12.3 Å². The van der Waals surface area contributed by atoms with Gasteiger partial charge in [0.1, 0.15) is 5.82 Å². The number of nitrogens with zero attached hydrogens (tertiary/aromatic N) is 2. The number of hydrogen-bond acceptors (Lipinski definition) is 3. The molecule has 0 amide bonds. The highest BCUT2D eigenvalue weighted by molar-refractivity contribution is 6.31. The Morgan fingerprint density at radius 1 is 1.35 bits per heavy atom. The Hall–Kier alpha value is -0.800. The van der Waals surface area contributed by atoms with Crippen molar-refractivity contribution in [1.29, 1.82) is 0 Å². The van der Waals surface area contributed by atoms with Crippen molar-refractivity contribution < 1.29 is 0 Å². The van der Waals surface area contributed by atoms with E-state index in [4.69, 9.17) is 11.6 Å². The third kappa shape index (κ3) is 3.64. The highest BCUT2D eigenvalue weighted by atomic mass is 35.5. The maximum absolute atomic E-state index is 6.18. The fourth-order valence-electron chi connectivity index (χ4n) is 3.11. The zero-order valence-corrected chi connectivity index (χ0v) is 13.6. The fraction of sp³-hybridized carbons (Fsp3) is 0.688. The van der Waals surface area contributed by atoms with Crippen molar-refractivity contribution in [2.45, 2.75) is 51.6 Å². The summed E-state index contributed by atoms with van der Waals surface area (Å²) >= 11 is 6.18. The Morgan fingerprint density at radius 2 is 2.05 bits per heavy atom. The summed E-state index contributed by atoms with van der Waals surface area (Å²) in [5.74, 6) is 1.97. The van der Waals surface area contributed by atoms with E-state index in [1.54, 1.807) is 6.20 Å². The average Bonchev–Trinajstić information content (AvgIpc) is 2.49. The van der Waals surface area contributed by atoms with Crippen molar-refractivity contribution in [1.82, 2.24) is 10.3 Å². The van der Waals surface area contributed by atoms with E-state index in [-0.39, 0.29) is 0 Å². The molecular formula is C16H26ClN3. The van der Waals surface area contributed by atoms with Gasteiger partial charge in [0.15, 0.2) is 0 Å². The van der Waals surface area contributed by atoms with Gasteiger partial charge in [0, 0.05) is 25.8 Å². The second-order valence-electron chi connectivity index (χ2n) is 5.86. The van der Waals surface area contributed by atoms with Gasteiger partial charge in [-0.25, -0.2) is 4.98 Å². The molecule has 0 unspecified atom stereocenters. The molecule has 0 bridgehead atoms. The molecule has 0 radical (unpaired) electrons. The first-order chi connectivity index (χ1) is 9.65. The first-order valence-electron chi connectivity index (χ1n) is 7.67. The Kier molecular flexibility index (Phi) is 5.67. The van der Waals surface area contributed by atoms with Crippen LogP contribution in [0.25, 0.3) is 0 Å². The third-order valence-electron chi connectivity index (χ3n) is 4.59. The zero-order chi connectivity index (χ0) is 14.5. The molecule has 0 aromatic carbocycles.